The van der Waals surface area contributed by atoms with Gasteiger partial charge in [0.1, 0.15) is 6.04 Å². The van der Waals surface area contributed by atoms with Gasteiger partial charge in [-0.3, -0.25) is 0 Å². The standard InChI is InChI=1S/C10H15N3O3/c1-6-5-8(16-4)12-10(11-6)13(3)7(2)9(14)15/h5,7H,1-4H3,(H,14,15). The van der Waals surface area contributed by atoms with Crippen molar-refractivity contribution in [2.45, 2.75) is 19.9 Å². The van der Waals surface area contributed by atoms with E-state index in [2.05, 4.69) is 9.97 Å². The van der Waals surface area contributed by atoms with E-state index in [0.29, 0.717) is 11.8 Å². The normalized spacial score (nSPS) is 12.0. The lowest BCUT2D eigenvalue weighted by atomic mass is 10.3. The third-order valence-corrected chi connectivity index (χ3v) is 2.28. The molecule has 0 spiro atoms. The summed E-state index contributed by atoms with van der Waals surface area (Å²) >= 11 is 0. The quantitative estimate of drug-likeness (QED) is 0.813. The molecule has 1 heterocycles. The minimum atomic E-state index is -0.924. The van der Waals surface area contributed by atoms with Crippen LogP contribution in [0.4, 0.5) is 5.95 Å². The van der Waals surface area contributed by atoms with Crippen LogP contribution in [0.1, 0.15) is 12.6 Å². The molecular formula is C10H15N3O3. The number of aryl methyl sites for hydroxylation is 1. The highest BCUT2D eigenvalue weighted by Crippen LogP contribution is 2.15. The molecule has 1 aromatic heterocycles. The Morgan fingerprint density at radius 2 is 2.19 bits per heavy atom. The van der Waals surface area contributed by atoms with E-state index in [1.807, 2.05) is 0 Å². The van der Waals surface area contributed by atoms with E-state index in [9.17, 15) is 4.79 Å². The molecule has 0 aliphatic rings. The fourth-order valence-corrected chi connectivity index (χ4v) is 1.13. The van der Waals surface area contributed by atoms with E-state index >= 15 is 0 Å². The second-order valence-corrected chi connectivity index (χ2v) is 3.48. The summed E-state index contributed by atoms with van der Waals surface area (Å²) in [5.41, 5.74) is 0.728. The van der Waals surface area contributed by atoms with E-state index in [1.165, 1.54) is 12.0 Å². The topological polar surface area (TPSA) is 75.5 Å². The molecule has 1 aromatic rings. The largest absolute Gasteiger partial charge is 0.481 e. The summed E-state index contributed by atoms with van der Waals surface area (Å²) in [6.45, 7) is 3.37. The number of carbonyl (C=O) groups is 1. The minimum absolute atomic E-state index is 0.340. The predicted octanol–water partition coefficient (Wildman–Crippen LogP) is 0.703. The van der Waals surface area contributed by atoms with Crippen LogP contribution in [0.25, 0.3) is 0 Å². The van der Waals surface area contributed by atoms with Gasteiger partial charge < -0.3 is 14.7 Å². The van der Waals surface area contributed by atoms with E-state index in [4.69, 9.17) is 9.84 Å². The number of hydrogen-bond donors (Lipinski definition) is 1. The van der Waals surface area contributed by atoms with E-state index in [-0.39, 0.29) is 0 Å². The maximum Gasteiger partial charge on any atom is 0.326 e. The molecule has 1 rings (SSSR count). The molecule has 6 heteroatoms. The first-order valence-corrected chi connectivity index (χ1v) is 4.81. The molecule has 0 saturated heterocycles. The first-order chi connectivity index (χ1) is 7.45. The Bertz CT molecular complexity index is 395. The van der Waals surface area contributed by atoms with Crippen LogP contribution in [0, 0.1) is 6.92 Å². The summed E-state index contributed by atoms with van der Waals surface area (Å²) in [4.78, 5) is 20.6. The molecule has 0 aliphatic carbocycles. The first kappa shape index (κ1) is 12.2. The number of ether oxygens (including phenoxy) is 1. The average Bonchev–Trinajstić information content (AvgIpc) is 2.25. The third-order valence-electron chi connectivity index (χ3n) is 2.28. The maximum absolute atomic E-state index is 10.8. The van der Waals surface area contributed by atoms with Gasteiger partial charge in [0, 0.05) is 18.8 Å². The summed E-state index contributed by atoms with van der Waals surface area (Å²) in [5, 5.41) is 8.88. The summed E-state index contributed by atoms with van der Waals surface area (Å²) < 4.78 is 5.00. The van der Waals surface area contributed by atoms with Crippen LogP contribution in [-0.4, -0.2) is 41.2 Å². The summed E-state index contributed by atoms with van der Waals surface area (Å²) in [6, 6.07) is 0.995. The van der Waals surface area contributed by atoms with Crippen molar-refractivity contribution in [2.24, 2.45) is 0 Å². The first-order valence-electron chi connectivity index (χ1n) is 4.81. The average molecular weight is 225 g/mol. The van der Waals surface area contributed by atoms with Crippen LogP contribution in [-0.2, 0) is 4.79 Å². The monoisotopic (exact) mass is 225 g/mol. The molecule has 0 bridgehead atoms. The molecule has 6 nitrogen and oxygen atoms in total. The molecule has 1 N–H and O–H groups in total. The number of rotatable bonds is 4. The SMILES string of the molecule is COc1cc(C)nc(N(C)C(C)C(=O)O)n1. The number of nitrogens with zero attached hydrogens (tertiary/aromatic N) is 3. The second-order valence-electron chi connectivity index (χ2n) is 3.48. The molecule has 1 atom stereocenters. The molecule has 0 saturated carbocycles. The second kappa shape index (κ2) is 4.78. The van der Waals surface area contributed by atoms with Gasteiger partial charge in [-0.15, -0.1) is 0 Å². The molecule has 0 aromatic carbocycles. The van der Waals surface area contributed by atoms with Gasteiger partial charge in [0.25, 0.3) is 0 Å². The predicted molar refractivity (Wildman–Crippen MR) is 58.8 cm³/mol. The van der Waals surface area contributed by atoms with Crippen LogP contribution in [0.5, 0.6) is 5.88 Å². The lowest BCUT2D eigenvalue weighted by Gasteiger charge is -2.21. The van der Waals surface area contributed by atoms with Gasteiger partial charge in [-0.2, -0.15) is 4.98 Å². The van der Waals surface area contributed by atoms with Crippen molar-refractivity contribution in [1.29, 1.82) is 0 Å². The summed E-state index contributed by atoms with van der Waals surface area (Å²) in [7, 11) is 3.14. The zero-order valence-corrected chi connectivity index (χ0v) is 9.76. The Kier molecular flexibility index (Phi) is 3.65. The van der Waals surface area contributed by atoms with Gasteiger partial charge in [-0.1, -0.05) is 0 Å². The van der Waals surface area contributed by atoms with Gasteiger partial charge in [0.05, 0.1) is 7.11 Å². The van der Waals surface area contributed by atoms with Crippen molar-refractivity contribution in [1.82, 2.24) is 9.97 Å². The molecule has 0 amide bonds. The Morgan fingerprint density at radius 3 is 2.69 bits per heavy atom. The fraction of sp³-hybridized carbons (Fsp3) is 0.500. The van der Waals surface area contributed by atoms with E-state index in [1.54, 1.807) is 27.0 Å². The van der Waals surface area contributed by atoms with Crippen molar-refractivity contribution < 1.29 is 14.6 Å². The number of hydrogen-bond acceptors (Lipinski definition) is 5. The Balaban J connectivity index is 3.03. The van der Waals surface area contributed by atoms with Gasteiger partial charge in [0.2, 0.25) is 11.8 Å². The molecule has 0 radical (unpaired) electrons. The van der Waals surface area contributed by atoms with Gasteiger partial charge in [-0.05, 0) is 13.8 Å². The Morgan fingerprint density at radius 1 is 1.56 bits per heavy atom. The van der Waals surface area contributed by atoms with Gasteiger partial charge in [0.15, 0.2) is 0 Å². The van der Waals surface area contributed by atoms with Crippen LogP contribution in [0.15, 0.2) is 6.07 Å². The number of aliphatic carboxylic acids is 1. The lowest BCUT2D eigenvalue weighted by Crippen LogP contribution is -2.37. The highest BCUT2D eigenvalue weighted by molar-refractivity contribution is 5.76. The third kappa shape index (κ3) is 2.59. The molecule has 0 aliphatic heterocycles. The molecule has 16 heavy (non-hydrogen) atoms. The van der Waals surface area contributed by atoms with Crippen LogP contribution >= 0.6 is 0 Å². The van der Waals surface area contributed by atoms with Crippen LogP contribution in [0.3, 0.4) is 0 Å². The highest BCUT2D eigenvalue weighted by Gasteiger charge is 2.19. The van der Waals surface area contributed by atoms with Gasteiger partial charge in [-0.25, -0.2) is 9.78 Å². The number of likely N-dealkylation sites (N-methyl/N-ethyl adjacent to an activating group) is 1. The van der Waals surface area contributed by atoms with Crippen molar-refractivity contribution in [3.8, 4) is 5.88 Å². The molecule has 1 unspecified atom stereocenters. The minimum Gasteiger partial charge on any atom is -0.481 e. The van der Waals surface area contributed by atoms with Crippen LogP contribution in [0.2, 0.25) is 0 Å². The summed E-state index contributed by atoms with van der Waals surface area (Å²) in [5.74, 6) is -0.162. The zero-order chi connectivity index (χ0) is 12.3. The highest BCUT2D eigenvalue weighted by atomic mass is 16.5. The van der Waals surface area contributed by atoms with E-state index in [0.717, 1.165) is 5.69 Å². The number of aromatic nitrogens is 2. The zero-order valence-electron chi connectivity index (χ0n) is 9.76. The molecular weight excluding hydrogens is 210 g/mol. The van der Waals surface area contributed by atoms with Crippen molar-refractivity contribution in [3.05, 3.63) is 11.8 Å². The van der Waals surface area contributed by atoms with Crippen molar-refractivity contribution in [2.75, 3.05) is 19.1 Å². The van der Waals surface area contributed by atoms with Gasteiger partial charge >= 0.3 is 5.97 Å². The number of carboxylic acid groups (broad SMARTS) is 1. The van der Waals surface area contributed by atoms with Crippen LogP contribution < -0.4 is 9.64 Å². The Hall–Kier alpha value is -1.85. The fourth-order valence-electron chi connectivity index (χ4n) is 1.13. The lowest BCUT2D eigenvalue weighted by molar-refractivity contribution is -0.138. The number of anilines is 1. The number of carboxylic acids is 1. The smallest absolute Gasteiger partial charge is 0.326 e. The maximum atomic E-state index is 10.8. The molecule has 88 valence electrons. The van der Waals surface area contributed by atoms with Crippen molar-refractivity contribution >= 4 is 11.9 Å². The summed E-state index contributed by atoms with van der Waals surface area (Å²) in [6.07, 6.45) is 0. The Labute approximate surface area is 93.9 Å². The van der Waals surface area contributed by atoms with Crippen molar-refractivity contribution in [3.63, 3.8) is 0 Å². The van der Waals surface area contributed by atoms with E-state index < -0.39 is 12.0 Å². The number of methoxy groups -OCH3 is 1. The molecule has 0 fully saturated rings.